The average molecular weight is 304 g/mol. The third-order valence-corrected chi connectivity index (χ3v) is 2.91. The van der Waals surface area contributed by atoms with Crippen LogP contribution >= 0.6 is 11.6 Å². The number of benzene rings is 2. The molecule has 0 atom stereocenters. The second kappa shape index (κ2) is 6.76. The van der Waals surface area contributed by atoms with Gasteiger partial charge in [-0.05, 0) is 61.0 Å². The number of nitrogens with two attached hydrogens (primary N) is 1. The number of carbonyl (C=O) groups is 1. The van der Waals surface area contributed by atoms with Gasteiger partial charge in [-0.25, -0.2) is 10.2 Å². The SMILES string of the molecule is C/C(=N/NC(N)=O)c1ccc(Oc2ccc(Cl)cc2)cc1. The fraction of sp³-hybridized carbons (Fsp3) is 0.0667. The Morgan fingerprint density at radius 3 is 2.14 bits per heavy atom. The standard InChI is InChI=1S/C15H14ClN3O2/c1-10(18-19-15(17)20)11-2-6-13(7-3-11)21-14-8-4-12(16)5-9-14/h2-9H,1H3,(H3,17,19,20)/b18-10-. The number of ether oxygens (including phenoxy) is 1. The summed E-state index contributed by atoms with van der Waals surface area (Å²) in [7, 11) is 0. The minimum absolute atomic E-state index is 0.645. The average Bonchev–Trinajstić information content (AvgIpc) is 2.48. The molecule has 0 unspecified atom stereocenters. The van der Waals surface area contributed by atoms with E-state index in [1.165, 1.54) is 0 Å². The van der Waals surface area contributed by atoms with E-state index in [1.54, 1.807) is 31.2 Å². The highest BCUT2D eigenvalue weighted by atomic mass is 35.5. The molecule has 0 aliphatic heterocycles. The molecule has 2 aromatic rings. The van der Waals surface area contributed by atoms with Gasteiger partial charge in [-0.3, -0.25) is 0 Å². The molecule has 3 N–H and O–H groups in total. The van der Waals surface area contributed by atoms with E-state index in [-0.39, 0.29) is 0 Å². The number of hydrazone groups is 1. The number of halogens is 1. The molecule has 2 amide bonds. The highest BCUT2D eigenvalue weighted by Crippen LogP contribution is 2.23. The number of nitrogens with zero attached hydrogens (tertiary/aromatic N) is 1. The molecule has 2 aromatic carbocycles. The van der Waals surface area contributed by atoms with E-state index in [4.69, 9.17) is 22.1 Å². The summed E-state index contributed by atoms with van der Waals surface area (Å²) in [6.45, 7) is 1.77. The number of primary amides is 1. The molecule has 6 heteroatoms. The maximum atomic E-state index is 10.6. The molecular weight excluding hydrogens is 290 g/mol. The van der Waals surface area contributed by atoms with Crippen LogP contribution in [0.2, 0.25) is 5.02 Å². The monoisotopic (exact) mass is 303 g/mol. The fourth-order valence-corrected chi connectivity index (χ4v) is 1.73. The number of amides is 2. The van der Waals surface area contributed by atoms with Crippen LogP contribution in [-0.4, -0.2) is 11.7 Å². The summed E-state index contributed by atoms with van der Waals surface area (Å²) in [5.74, 6) is 1.39. The van der Waals surface area contributed by atoms with Crippen LogP contribution in [0.3, 0.4) is 0 Å². The van der Waals surface area contributed by atoms with Crippen LogP contribution < -0.4 is 15.9 Å². The number of urea groups is 1. The number of nitrogens with one attached hydrogen (secondary N) is 1. The van der Waals surface area contributed by atoms with Gasteiger partial charge in [-0.2, -0.15) is 5.10 Å². The van der Waals surface area contributed by atoms with Crippen molar-refractivity contribution in [2.75, 3.05) is 0 Å². The van der Waals surface area contributed by atoms with Crippen molar-refractivity contribution in [1.82, 2.24) is 5.43 Å². The third-order valence-electron chi connectivity index (χ3n) is 2.66. The fourth-order valence-electron chi connectivity index (χ4n) is 1.61. The first-order valence-corrected chi connectivity index (χ1v) is 6.56. The summed E-state index contributed by atoms with van der Waals surface area (Å²) in [6, 6.07) is 13.7. The number of hydrogen-bond acceptors (Lipinski definition) is 3. The minimum Gasteiger partial charge on any atom is -0.457 e. The molecule has 21 heavy (non-hydrogen) atoms. The van der Waals surface area contributed by atoms with Crippen LogP contribution in [0.5, 0.6) is 11.5 Å². The highest BCUT2D eigenvalue weighted by molar-refractivity contribution is 6.30. The van der Waals surface area contributed by atoms with Crippen molar-refractivity contribution in [2.45, 2.75) is 6.92 Å². The number of hydrogen-bond donors (Lipinski definition) is 2. The zero-order chi connectivity index (χ0) is 15.2. The van der Waals surface area contributed by atoms with Crippen molar-refractivity contribution in [3.63, 3.8) is 0 Å². The molecule has 0 saturated heterocycles. The lowest BCUT2D eigenvalue weighted by atomic mass is 10.1. The lowest BCUT2D eigenvalue weighted by Gasteiger charge is -2.07. The van der Waals surface area contributed by atoms with Gasteiger partial charge in [0.1, 0.15) is 11.5 Å². The molecule has 108 valence electrons. The maximum Gasteiger partial charge on any atom is 0.332 e. The Balaban J connectivity index is 2.06. The van der Waals surface area contributed by atoms with Gasteiger partial charge >= 0.3 is 6.03 Å². The Morgan fingerprint density at radius 1 is 1.10 bits per heavy atom. The second-order valence-electron chi connectivity index (χ2n) is 4.25. The second-order valence-corrected chi connectivity index (χ2v) is 4.69. The smallest absolute Gasteiger partial charge is 0.332 e. The predicted molar refractivity (Wildman–Crippen MR) is 82.9 cm³/mol. The first-order valence-electron chi connectivity index (χ1n) is 6.18. The van der Waals surface area contributed by atoms with Crippen molar-refractivity contribution in [2.24, 2.45) is 10.8 Å². The van der Waals surface area contributed by atoms with Gasteiger partial charge in [-0.1, -0.05) is 11.6 Å². The van der Waals surface area contributed by atoms with Crippen LogP contribution in [-0.2, 0) is 0 Å². The Morgan fingerprint density at radius 2 is 1.62 bits per heavy atom. The van der Waals surface area contributed by atoms with Gasteiger partial charge < -0.3 is 10.5 Å². The van der Waals surface area contributed by atoms with Crippen LogP contribution in [0.15, 0.2) is 53.6 Å². The van der Waals surface area contributed by atoms with E-state index < -0.39 is 6.03 Å². The van der Waals surface area contributed by atoms with Gasteiger partial charge in [0.05, 0.1) is 5.71 Å². The van der Waals surface area contributed by atoms with E-state index in [9.17, 15) is 4.79 Å². The summed E-state index contributed by atoms with van der Waals surface area (Å²) < 4.78 is 5.68. The summed E-state index contributed by atoms with van der Waals surface area (Å²) in [5.41, 5.74) is 8.64. The topological polar surface area (TPSA) is 76.7 Å². The predicted octanol–water partition coefficient (Wildman–Crippen LogP) is 3.52. The molecule has 0 aromatic heterocycles. The first-order chi connectivity index (χ1) is 10.0. The lowest BCUT2D eigenvalue weighted by Crippen LogP contribution is -2.25. The van der Waals surface area contributed by atoms with Crippen molar-refractivity contribution in [3.8, 4) is 11.5 Å². The van der Waals surface area contributed by atoms with Crippen LogP contribution in [0, 0.1) is 0 Å². The van der Waals surface area contributed by atoms with E-state index in [1.807, 2.05) is 24.3 Å². The van der Waals surface area contributed by atoms with Gasteiger partial charge in [0.2, 0.25) is 0 Å². The highest BCUT2D eigenvalue weighted by Gasteiger charge is 2.01. The summed E-state index contributed by atoms with van der Waals surface area (Å²) in [6.07, 6.45) is 0. The van der Waals surface area contributed by atoms with Gasteiger partial charge in [0.25, 0.3) is 0 Å². The van der Waals surface area contributed by atoms with Gasteiger partial charge in [-0.15, -0.1) is 0 Å². The molecule has 0 aliphatic rings. The van der Waals surface area contributed by atoms with Crippen molar-refractivity contribution in [3.05, 3.63) is 59.1 Å². The van der Waals surface area contributed by atoms with Crippen LogP contribution in [0.1, 0.15) is 12.5 Å². The van der Waals surface area contributed by atoms with Crippen molar-refractivity contribution < 1.29 is 9.53 Å². The van der Waals surface area contributed by atoms with E-state index in [0.717, 1.165) is 5.56 Å². The van der Waals surface area contributed by atoms with Crippen molar-refractivity contribution in [1.29, 1.82) is 0 Å². The zero-order valence-electron chi connectivity index (χ0n) is 11.3. The molecule has 0 radical (unpaired) electrons. The van der Waals surface area contributed by atoms with Crippen molar-refractivity contribution >= 4 is 23.3 Å². The summed E-state index contributed by atoms with van der Waals surface area (Å²) in [5, 5.41) is 4.51. The molecular formula is C15H14ClN3O2. The Labute approximate surface area is 127 Å². The largest absolute Gasteiger partial charge is 0.457 e. The quantitative estimate of drug-likeness (QED) is 0.669. The maximum absolute atomic E-state index is 10.6. The minimum atomic E-state index is -0.697. The Bertz CT molecular complexity index is 652. The van der Waals surface area contributed by atoms with Gasteiger partial charge in [0, 0.05) is 5.02 Å². The Hall–Kier alpha value is -2.53. The molecule has 0 spiro atoms. The summed E-state index contributed by atoms with van der Waals surface area (Å²) in [4.78, 5) is 10.6. The van der Waals surface area contributed by atoms with E-state index in [2.05, 4.69) is 10.5 Å². The Kier molecular flexibility index (Phi) is 4.79. The van der Waals surface area contributed by atoms with Crippen LogP contribution in [0.25, 0.3) is 0 Å². The molecule has 0 bridgehead atoms. The molecule has 2 rings (SSSR count). The van der Waals surface area contributed by atoms with Crippen LogP contribution in [0.4, 0.5) is 4.79 Å². The normalized spacial score (nSPS) is 11.0. The number of carbonyl (C=O) groups excluding carboxylic acids is 1. The molecule has 0 saturated carbocycles. The number of rotatable bonds is 4. The molecule has 0 fully saturated rings. The van der Waals surface area contributed by atoms with Gasteiger partial charge in [0.15, 0.2) is 0 Å². The summed E-state index contributed by atoms with van der Waals surface area (Å²) >= 11 is 5.81. The van der Waals surface area contributed by atoms with E-state index >= 15 is 0 Å². The third kappa shape index (κ3) is 4.50. The van der Waals surface area contributed by atoms with E-state index in [0.29, 0.717) is 22.2 Å². The molecule has 5 nitrogen and oxygen atoms in total. The zero-order valence-corrected chi connectivity index (χ0v) is 12.1. The molecule has 0 heterocycles. The lowest BCUT2D eigenvalue weighted by molar-refractivity contribution is 0.249. The molecule has 0 aliphatic carbocycles. The first kappa shape index (κ1) is 14.9.